The molecule has 0 saturated heterocycles. The number of methoxy groups -OCH3 is 1. The van der Waals surface area contributed by atoms with E-state index in [0.29, 0.717) is 38.2 Å². The van der Waals surface area contributed by atoms with Gasteiger partial charge in [-0.3, -0.25) is 4.90 Å². The molecule has 0 atom stereocenters. The smallest absolute Gasteiger partial charge is 0.124 e. The van der Waals surface area contributed by atoms with E-state index in [4.69, 9.17) is 15.7 Å². The minimum absolute atomic E-state index is 0.244. The molecule has 0 saturated carbocycles. The highest BCUT2D eigenvalue weighted by molar-refractivity contribution is 5.38. The second-order valence-electron chi connectivity index (χ2n) is 4.53. The van der Waals surface area contributed by atoms with E-state index < -0.39 is 0 Å². The van der Waals surface area contributed by atoms with Crippen LogP contribution < -0.4 is 5.73 Å². The summed E-state index contributed by atoms with van der Waals surface area (Å²) >= 11 is 0. The van der Waals surface area contributed by atoms with Gasteiger partial charge in [-0.05, 0) is 23.8 Å². The molecule has 1 rings (SSSR count). The summed E-state index contributed by atoms with van der Waals surface area (Å²) in [5.41, 5.74) is 6.76. The third-order valence-corrected chi connectivity index (χ3v) is 2.85. The van der Waals surface area contributed by atoms with Gasteiger partial charge in [-0.2, -0.15) is 5.26 Å². The summed E-state index contributed by atoms with van der Waals surface area (Å²) < 4.78 is 18.7. The van der Waals surface area contributed by atoms with E-state index >= 15 is 0 Å². The lowest BCUT2D eigenvalue weighted by Gasteiger charge is -2.21. The Balaban J connectivity index is 2.81. The van der Waals surface area contributed by atoms with Gasteiger partial charge in [-0.15, -0.1) is 0 Å². The molecule has 0 unspecified atom stereocenters. The monoisotopic (exact) mass is 289 g/mol. The van der Waals surface area contributed by atoms with Crippen LogP contribution in [0.3, 0.4) is 0 Å². The first kappa shape index (κ1) is 17.1. The molecule has 5 heteroatoms. The molecule has 1 aromatic carbocycles. The molecule has 21 heavy (non-hydrogen) atoms. The first-order valence-corrected chi connectivity index (χ1v) is 6.76. The Labute approximate surface area is 125 Å². The zero-order valence-electron chi connectivity index (χ0n) is 12.2. The zero-order chi connectivity index (χ0) is 15.5. The highest BCUT2D eigenvalue weighted by Gasteiger charge is 2.07. The molecule has 2 N–H and O–H groups in total. The Kier molecular flexibility index (Phi) is 8.08. The van der Waals surface area contributed by atoms with Gasteiger partial charge in [0.15, 0.2) is 0 Å². The van der Waals surface area contributed by atoms with Crippen LogP contribution in [0.4, 0.5) is 4.39 Å². The highest BCUT2D eigenvalue weighted by Crippen LogP contribution is 2.11. The first-order chi connectivity index (χ1) is 10.2. The third-order valence-electron chi connectivity index (χ3n) is 2.85. The van der Waals surface area contributed by atoms with Crippen LogP contribution in [0.2, 0.25) is 0 Å². The number of benzene rings is 1. The molecule has 1 aromatic rings. The molecule has 0 spiro atoms. The summed E-state index contributed by atoms with van der Waals surface area (Å²) in [6.45, 7) is 2.69. The lowest BCUT2D eigenvalue weighted by Crippen LogP contribution is -2.28. The second-order valence-corrected chi connectivity index (χ2v) is 4.53. The molecule has 0 heterocycles. The second kappa shape index (κ2) is 9.90. The van der Waals surface area contributed by atoms with Crippen molar-refractivity contribution in [3.05, 3.63) is 35.1 Å². The minimum Gasteiger partial charge on any atom is -0.383 e. The van der Waals surface area contributed by atoms with Crippen LogP contribution in [0.5, 0.6) is 0 Å². The molecule has 0 bridgehead atoms. The van der Waals surface area contributed by atoms with Crippen molar-refractivity contribution < 1.29 is 9.13 Å². The SMILES string of the molecule is COCCN(CCC#N)Cc1cc(F)cc(C#CCN)c1. The maximum Gasteiger partial charge on any atom is 0.124 e. The standard InChI is InChI=1S/C16H20FN3O/c1-21-9-8-20(7-3-6-19)13-15-10-14(4-2-5-18)11-16(17)12-15/h10-12H,3,5,7-9,13,18H2,1H3. The van der Waals surface area contributed by atoms with E-state index in [1.807, 2.05) is 6.07 Å². The maximum atomic E-state index is 13.6. The van der Waals surface area contributed by atoms with Crippen molar-refractivity contribution in [3.8, 4) is 17.9 Å². The van der Waals surface area contributed by atoms with Crippen LogP contribution in [0, 0.1) is 29.0 Å². The normalized spacial score (nSPS) is 10.0. The molecular weight excluding hydrogens is 269 g/mol. The number of rotatable bonds is 7. The fourth-order valence-corrected chi connectivity index (χ4v) is 1.92. The molecule has 0 amide bonds. The van der Waals surface area contributed by atoms with Crippen molar-refractivity contribution in [1.29, 1.82) is 5.26 Å². The fourth-order valence-electron chi connectivity index (χ4n) is 1.92. The largest absolute Gasteiger partial charge is 0.383 e. The van der Waals surface area contributed by atoms with Gasteiger partial charge in [-0.1, -0.05) is 11.8 Å². The van der Waals surface area contributed by atoms with Crippen molar-refractivity contribution in [2.45, 2.75) is 13.0 Å². The van der Waals surface area contributed by atoms with Gasteiger partial charge >= 0.3 is 0 Å². The van der Waals surface area contributed by atoms with Gasteiger partial charge in [0.1, 0.15) is 5.82 Å². The van der Waals surface area contributed by atoms with Gasteiger partial charge in [0.2, 0.25) is 0 Å². The van der Waals surface area contributed by atoms with Crippen LogP contribution in [0.15, 0.2) is 18.2 Å². The molecule has 112 valence electrons. The van der Waals surface area contributed by atoms with E-state index in [1.54, 1.807) is 7.11 Å². The van der Waals surface area contributed by atoms with Crippen molar-refractivity contribution in [1.82, 2.24) is 4.90 Å². The van der Waals surface area contributed by atoms with E-state index in [1.165, 1.54) is 12.1 Å². The summed E-state index contributed by atoms with van der Waals surface area (Å²) in [6, 6.07) is 6.84. The maximum absolute atomic E-state index is 13.6. The average Bonchev–Trinajstić information content (AvgIpc) is 2.47. The molecule has 0 aliphatic heterocycles. The Morgan fingerprint density at radius 1 is 1.33 bits per heavy atom. The van der Waals surface area contributed by atoms with Crippen molar-refractivity contribution in [3.63, 3.8) is 0 Å². The van der Waals surface area contributed by atoms with Gasteiger partial charge in [0.05, 0.1) is 19.2 Å². The molecule has 0 radical (unpaired) electrons. The minimum atomic E-state index is -0.319. The Morgan fingerprint density at radius 3 is 2.81 bits per heavy atom. The lowest BCUT2D eigenvalue weighted by atomic mass is 10.1. The summed E-state index contributed by atoms with van der Waals surface area (Å²) in [7, 11) is 1.63. The lowest BCUT2D eigenvalue weighted by molar-refractivity contribution is 0.145. The predicted molar refractivity (Wildman–Crippen MR) is 79.7 cm³/mol. The summed E-state index contributed by atoms with van der Waals surface area (Å²) in [5.74, 6) is 5.23. The number of ether oxygens (including phenoxy) is 1. The molecule has 4 nitrogen and oxygen atoms in total. The van der Waals surface area contributed by atoms with Gasteiger partial charge in [-0.25, -0.2) is 4.39 Å². The topological polar surface area (TPSA) is 62.3 Å². The Bertz CT molecular complexity index is 543. The summed E-state index contributed by atoms with van der Waals surface area (Å²) in [5, 5.41) is 8.69. The number of nitrogens with two attached hydrogens (primary N) is 1. The molecule has 0 aliphatic carbocycles. The summed E-state index contributed by atoms with van der Waals surface area (Å²) in [4.78, 5) is 2.06. The van der Waals surface area contributed by atoms with Crippen LogP contribution in [0.1, 0.15) is 17.5 Å². The van der Waals surface area contributed by atoms with Crippen LogP contribution in [0.25, 0.3) is 0 Å². The van der Waals surface area contributed by atoms with Crippen molar-refractivity contribution in [2.24, 2.45) is 5.73 Å². The highest BCUT2D eigenvalue weighted by atomic mass is 19.1. The molecule has 0 aromatic heterocycles. The van der Waals surface area contributed by atoms with Gasteiger partial charge in [0, 0.05) is 38.7 Å². The quantitative estimate of drug-likeness (QED) is 0.773. The van der Waals surface area contributed by atoms with Crippen molar-refractivity contribution in [2.75, 3.05) is 33.4 Å². The fraction of sp³-hybridized carbons (Fsp3) is 0.438. The Morgan fingerprint density at radius 2 is 2.14 bits per heavy atom. The zero-order valence-corrected chi connectivity index (χ0v) is 12.2. The van der Waals surface area contributed by atoms with Crippen molar-refractivity contribution >= 4 is 0 Å². The van der Waals surface area contributed by atoms with E-state index in [9.17, 15) is 4.39 Å². The third kappa shape index (κ3) is 6.87. The summed E-state index contributed by atoms with van der Waals surface area (Å²) in [6.07, 6.45) is 0.429. The molecule has 0 aliphatic rings. The van der Waals surface area contributed by atoms with Crippen LogP contribution in [-0.2, 0) is 11.3 Å². The molecular formula is C16H20FN3O. The Hall–Kier alpha value is -1.92. The first-order valence-electron chi connectivity index (χ1n) is 6.76. The number of hydrogen-bond donors (Lipinski definition) is 1. The van der Waals surface area contributed by atoms with Gasteiger partial charge in [0.25, 0.3) is 0 Å². The number of nitrogens with zero attached hydrogens (tertiary/aromatic N) is 2. The van der Waals surface area contributed by atoms with Gasteiger partial charge < -0.3 is 10.5 Å². The van der Waals surface area contributed by atoms with Crippen LogP contribution in [-0.4, -0.2) is 38.3 Å². The van der Waals surface area contributed by atoms with E-state index in [0.717, 1.165) is 5.56 Å². The van der Waals surface area contributed by atoms with E-state index in [2.05, 4.69) is 22.8 Å². The number of nitriles is 1. The van der Waals surface area contributed by atoms with E-state index in [-0.39, 0.29) is 12.4 Å². The molecule has 0 fully saturated rings. The van der Waals surface area contributed by atoms with Crippen LogP contribution >= 0.6 is 0 Å². The number of hydrogen-bond acceptors (Lipinski definition) is 4. The average molecular weight is 289 g/mol. The number of halogens is 1. The predicted octanol–water partition coefficient (Wildman–Crippen LogP) is 1.50.